The van der Waals surface area contributed by atoms with Gasteiger partial charge >= 0.3 is 5.97 Å². The molecule has 0 spiro atoms. The molecule has 0 unspecified atom stereocenters. The summed E-state index contributed by atoms with van der Waals surface area (Å²) < 4.78 is 4.95. The molecule has 1 aliphatic rings. The van der Waals surface area contributed by atoms with E-state index in [1.807, 2.05) is 6.07 Å². The number of nitrogens with one attached hydrogen (secondary N) is 1. The van der Waals surface area contributed by atoms with Crippen LogP contribution in [0.1, 0.15) is 11.1 Å². The van der Waals surface area contributed by atoms with Gasteiger partial charge in [-0.25, -0.2) is 4.79 Å². The van der Waals surface area contributed by atoms with Gasteiger partial charge in [0.25, 0.3) is 0 Å². The number of rotatable bonds is 5. The lowest BCUT2D eigenvalue weighted by atomic mass is 10.1. The molecule has 1 aromatic carbocycles. The Balaban J connectivity index is 1.99. The van der Waals surface area contributed by atoms with Gasteiger partial charge in [-0.15, -0.1) is 0 Å². The first-order valence-electron chi connectivity index (χ1n) is 5.47. The summed E-state index contributed by atoms with van der Waals surface area (Å²) in [6, 6.07) is 3.58. The van der Waals surface area contributed by atoms with Gasteiger partial charge in [0.15, 0.2) is 0 Å². The summed E-state index contributed by atoms with van der Waals surface area (Å²) >= 11 is 6.07. The zero-order valence-electron chi connectivity index (χ0n) is 9.53. The largest absolute Gasteiger partial charge is 0.480 e. The first-order chi connectivity index (χ1) is 8.56. The van der Waals surface area contributed by atoms with E-state index in [9.17, 15) is 9.59 Å². The number of hydrogen-bond donors (Lipinski definition) is 2. The highest BCUT2D eigenvalue weighted by atomic mass is 35.5. The average molecular weight is 270 g/mol. The lowest BCUT2D eigenvalue weighted by molar-refractivity contribution is -0.142. The lowest BCUT2D eigenvalue weighted by Gasteiger charge is -2.07. The lowest BCUT2D eigenvalue weighted by Crippen LogP contribution is -2.09. The molecule has 1 amide bonds. The van der Waals surface area contributed by atoms with Gasteiger partial charge in [-0.3, -0.25) is 4.79 Å². The highest BCUT2D eigenvalue weighted by Gasteiger charge is 2.19. The van der Waals surface area contributed by atoms with Crippen LogP contribution in [0.25, 0.3) is 0 Å². The number of benzene rings is 1. The number of halogens is 1. The second-order valence-electron chi connectivity index (χ2n) is 4.02. The van der Waals surface area contributed by atoms with Crippen LogP contribution in [0, 0.1) is 0 Å². The van der Waals surface area contributed by atoms with Crippen molar-refractivity contribution < 1.29 is 19.4 Å². The molecule has 18 heavy (non-hydrogen) atoms. The maximum Gasteiger partial charge on any atom is 0.329 e. The van der Waals surface area contributed by atoms with Crippen LogP contribution < -0.4 is 5.32 Å². The number of amides is 1. The van der Waals surface area contributed by atoms with Crippen LogP contribution in [0.4, 0.5) is 5.69 Å². The number of carboxylic acids is 1. The molecule has 0 saturated carbocycles. The number of anilines is 1. The van der Waals surface area contributed by atoms with Gasteiger partial charge in [0.1, 0.15) is 6.61 Å². The van der Waals surface area contributed by atoms with Crippen LogP contribution in [-0.2, 0) is 27.2 Å². The molecule has 0 atom stereocenters. The van der Waals surface area contributed by atoms with Crippen molar-refractivity contribution in [3.8, 4) is 0 Å². The smallest absolute Gasteiger partial charge is 0.329 e. The van der Waals surface area contributed by atoms with Gasteiger partial charge in [0.2, 0.25) is 5.91 Å². The van der Waals surface area contributed by atoms with E-state index in [1.54, 1.807) is 6.07 Å². The van der Waals surface area contributed by atoms with Crippen molar-refractivity contribution in [2.45, 2.75) is 12.8 Å². The van der Waals surface area contributed by atoms with Crippen LogP contribution in [0.2, 0.25) is 5.02 Å². The molecule has 1 aromatic rings. The number of hydrogen-bond acceptors (Lipinski definition) is 3. The predicted octanol–water partition coefficient (Wildman–Crippen LogP) is 1.48. The first-order valence-corrected chi connectivity index (χ1v) is 5.85. The Hall–Kier alpha value is -1.59. The number of carbonyl (C=O) groups is 2. The Labute approximate surface area is 109 Å². The molecule has 1 heterocycles. The molecule has 6 heteroatoms. The van der Waals surface area contributed by atoms with Crippen molar-refractivity contribution >= 4 is 29.2 Å². The molecule has 1 aliphatic heterocycles. The fourth-order valence-corrected chi connectivity index (χ4v) is 2.09. The number of ether oxygens (including phenoxy) is 1. The summed E-state index contributed by atoms with van der Waals surface area (Å²) in [7, 11) is 0. The highest BCUT2D eigenvalue weighted by molar-refractivity contribution is 6.31. The Bertz CT molecular complexity index is 501. The predicted molar refractivity (Wildman–Crippen MR) is 65.9 cm³/mol. The second kappa shape index (κ2) is 5.37. The molecule has 0 bridgehead atoms. The van der Waals surface area contributed by atoms with Crippen LogP contribution in [0.5, 0.6) is 0 Å². The van der Waals surface area contributed by atoms with E-state index < -0.39 is 5.97 Å². The van der Waals surface area contributed by atoms with E-state index in [4.69, 9.17) is 21.4 Å². The molecule has 0 aliphatic carbocycles. The van der Waals surface area contributed by atoms with Crippen LogP contribution >= 0.6 is 11.6 Å². The van der Waals surface area contributed by atoms with Crippen molar-refractivity contribution in [3.63, 3.8) is 0 Å². The number of aliphatic carboxylic acids is 1. The van der Waals surface area contributed by atoms with Gasteiger partial charge < -0.3 is 15.2 Å². The molecule has 0 saturated heterocycles. The van der Waals surface area contributed by atoms with E-state index in [2.05, 4.69) is 5.32 Å². The summed E-state index contributed by atoms with van der Waals surface area (Å²) in [5.74, 6) is -1.04. The quantitative estimate of drug-likeness (QED) is 0.794. The Morgan fingerprint density at radius 3 is 3.00 bits per heavy atom. The topological polar surface area (TPSA) is 75.6 Å². The Kier molecular flexibility index (Phi) is 3.84. The van der Waals surface area contributed by atoms with E-state index in [1.165, 1.54) is 0 Å². The zero-order valence-corrected chi connectivity index (χ0v) is 10.3. The second-order valence-corrected chi connectivity index (χ2v) is 4.43. The minimum absolute atomic E-state index is 0.0413. The fraction of sp³-hybridized carbons (Fsp3) is 0.333. The molecule has 96 valence electrons. The van der Waals surface area contributed by atoms with Crippen molar-refractivity contribution in [1.82, 2.24) is 0 Å². The van der Waals surface area contributed by atoms with E-state index in [-0.39, 0.29) is 19.1 Å². The van der Waals surface area contributed by atoms with Crippen molar-refractivity contribution in [3.05, 3.63) is 28.3 Å². The SMILES string of the molecule is O=C(O)COCCc1cc2c(cc1Cl)NC(=O)C2. The van der Waals surface area contributed by atoms with Gasteiger partial charge in [-0.2, -0.15) is 0 Å². The summed E-state index contributed by atoms with van der Waals surface area (Å²) in [6.07, 6.45) is 0.878. The molecule has 0 aromatic heterocycles. The minimum Gasteiger partial charge on any atom is -0.480 e. The maximum absolute atomic E-state index is 11.2. The molecular formula is C12H12ClNO4. The zero-order chi connectivity index (χ0) is 13.1. The van der Waals surface area contributed by atoms with Crippen molar-refractivity contribution in [2.75, 3.05) is 18.5 Å². The van der Waals surface area contributed by atoms with Gasteiger partial charge in [-0.05, 0) is 23.6 Å². The summed E-state index contributed by atoms with van der Waals surface area (Å²) in [4.78, 5) is 21.5. The molecule has 2 N–H and O–H groups in total. The third-order valence-electron chi connectivity index (χ3n) is 2.64. The fourth-order valence-electron chi connectivity index (χ4n) is 1.83. The third kappa shape index (κ3) is 3.00. The van der Waals surface area contributed by atoms with E-state index >= 15 is 0 Å². The summed E-state index contributed by atoms with van der Waals surface area (Å²) in [6.45, 7) is -0.0330. The normalized spacial score (nSPS) is 13.3. The summed E-state index contributed by atoms with van der Waals surface area (Å²) in [5.41, 5.74) is 2.52. The molecule has 0 fully saturated rings. The highest BCUT2D eigenvalue weighted by Crippen LogP contribution is 2.29. The Morgan fingerprint density at radius 2 is 2.28 bits per heavy atom. The van der Waals surface area contributed by atoms with Gasteiger partial charge in [0.05, 0.1) is 13.0 Å². The number of carboxylic acid groups (broad SMARTS) is 1. The molecular weight excluding hydrogens is 258 g/mol. The van der Waals surface area contributed by atoms with Crippen molar-refractivity contribution in [2.24, 2.45) is 0 Å². The Morgan fingerprint density at radius 1 is 1.50 bits per heavy atom. The van der Waals surface area contributed by atoms with E-state index in [0.717, 1.165) is 16.8 Å². The first kappa shape index (κ1) is 12.9. The number of fused-ring (bicyclic) bond motifs is 1. The standard InChI is InChI=1S/C12H12ClNO4/c13-9-5-10-8(4-11(15)14-10)3-7(9)1-2-18-6-12(16)17/h3,5H,1-2,4,6H2,(H,14,15)(H,16,17). The number of carbonyl (C=O) groups excluding carboxylic acids is 1. The van der Waals surface area contributed by atoms with Crippen LogP contribution in [-0.4, -0.2) is 30.2 Å². The van der Waals surface area contributed by atoms with E-state index in [0.29, 0.717) is 17.9 Å². The maximum atomic E-state index is 11.2. The summed E-state index contributed by atoms with van der Waals surface area (Å²) in [5, 5.41) is 11.7. The van der Waals surface area contributed by atoms with Crippen molar-refractivity contribution in [1.29, 1.82) is 0 Å². The molecule has 0 radical (unpaired) electrons. The van der Waals surface area contributed by atoms with Crippen LogP contribution in [0.15, 0.2) is 12.1 Å². The monoisotopic (exact) mass is 269 g/mol. The molecule has 2 rings (SSSR count). The minimum atomic E-state index is -0.996. The van der Waals surface area contributed by atoms with Crippen LogP contribution in [0.3, 0.4) is 0 Å². The molecule has 5 nitrogen and oxygen atoms in total. The van der Waals surface area contributed by atoms with Gasteiger partial charge in [0, 0.05) is 10.7 Å². The third-order valence-corrected chi connectivity index (χ3v) is 2.99. The van der Waals surface area contributed by atoms with Gasteiger partial charge in [-0.1, -0.05) is 17.7 Å². The average Bonchev–Trinajstić information content (AvgIpc) is 2.63.